The molecule has 114 valence electrons. The molecule has 0 spiro atoms. The van der Waals surface area contributed by atoms with E-state index in [0.29, 0.717) is 19.8 Å². The topological polar surface area (TPSA) is 50.8 Å². The number of carbonyl (C=O) groups is 1. The molecule has 0 rings (SSSR count). The molecule has 0 amide bonds. The van der Waals surface area contributed by atoms with Gasteiger partial charge in [0.25, 0.3) is 0 Å². The Morgan fingerprint density at radius 2 is 2.00 bits per heavy atom. The molecule has 0 radical (unpaired) electrons. The van der Waals surface area contributed by atoms with Gasteiger partial charge in [-0.1, -0.05) is 6.92 Å². The zero-order valence-electron chi connectivity index (χ0n) is 13.1. The van der Waals surface area contributed by atoms with E-state index in [-0.39, 0.29) is 18.1 Å². The van der Waals surface area contributed by atoms with Crippen molar-refractivity contribution in [2.45, 2.75) is 46.3 Å². The molecule has 1 N–H and O–H groups in total. The number of carbonyl (C=O) groups excluding carboxylic acids is 1. The van der Waals surface area contributed by atoms with Crippen molar-refractivity contribution in [2.24, 2.45) is 0 Å². The molecule has 0 saturated carbocycles. The zero-order chi connectivity index (χ0) is 14.7. The SMILES string of the molecule is CCCNC(CN(C)CCOC(C)C)C(=O)OCC. The minimum Gasteiger partial charge on any atom is -0.465 e. The van der Waals surface area contributed by atoms with Gasteiger partial charge in [0.1, 0.15) is 6.04 Å². The fourth-order valence-electron chi connectivity index (χ4n) is 1.63. The highest BCUT2D eigenvalue weighted by molar-refractivity contribution is 5.76. The van der Waals surface area contributed by atoms with Crippen molar-refractivity contribution in [3.63, 3.8) is 0 Å². The van der Waals surface area contributed by atoms with E-state index >= 15 is 0 Å². The third-order valence-corrected chi connectivity index (χ3v) is 2.63. The predicted molar refractivity (Wildman–Crippen MR) is 77.3 cm³/mol. The maximum Gasteiger partial charge on any atom is 0.324 e. The Balaban J connectivity index is 4.10. The van der Waals surface area contributed by atoms with Gasteiger partial charge in [0, 0.05) is 13.1 Å². The van der Waals surface area contributed by atoms with Crippen LogP contribution >= 0.6 is 0 Å². The van der Waals surface area contributed by atoms with Crippen molar-refractivity contribution >= 4 is 5.97 Å². The fraction of sp³-hybridized carbons (Fsp3) is 0.929. The lowest BCUT2D eigenvalue weighted by atomic mass is 10.2. The van der Waals surface area contributed by atoms with E-state index in [1.54, 1.807) is 0 Å². The number of ether oxygens (including phenoxy) is 2. The van der Waals surface area contributed by atoms with Crippen molar-refractivity contribution in [1.82, 2.24) is 10.2 Å². The van der Waals surface area contributed by atoms with Crippen LogP contribution in [-0.2, 0) is 14.3 Å². The standard InChI is InChI=1S/C14H30N2O3/c1-6-8-15-13(14(17)18-7-2)11-16(5)9-10-19-12(3)4/h12-13,15H,6-11H2,1-5H3. The van der Waals surface area contributed by atoms with Gasteiger partial charge in [0.05, 0.1) is 19.3 Å². The maximum atomic E-state index is 11.8. The number of hydrogen-bond donors (Lipinski definition) is 1. The van der Waals surface area contributed by atoms with Gasteiger partial charge < -0.3 is 19.7 Å². The molecule has 0 heterocycles. The van der Waals surface area contributed by atoms with Crippen LogP contribution < -0.4 is 5.32 Å². The zero-order valence-corrected chi connectivity index (χ0v) is 13.1. The number of likely N-dealkylation sites (N-methyl/N-ethyl adjacent to an activating group) is 1. The van der Waals surface area contributed by atoms with Gasteiger partial charge in [-0.3, -0.25) is 4.79 Å². The van der Waals surface area contributed by atoms with Crippen LogP contribution in [0.2, 0.25) is 0 Å². The van der Waals surface area contributed by atoms with Gasteiger partial charge in [-0.05, 0) is 40.8 Å². The highest BCUT2D eigenvalue weighted by Crippen LogP contribution is 1.96. The first kappa shape index (κ1) is 18.4. The molecule has 19 heavy (non-hydrogen) atoms. The molecule has 0 aromatic rings. The smallest absolute Gasteiger partial charge is 0.324 e. The monoisotopic (exact) mass is 274 g/mol. The first-order chi connectivity index (χ1) is 9.01. The van der Waals surface area contributed by atoms with Crippen LogP contribution in [0.4, 0.5) is 0 Å². The molecule has 0 aromatic carbocycles. The van der Waals surface area contributed by atoms with Crippen molar-refractivity contribution in [1.29, 1.82) is 0 Å². The first-order valence-corrected chi connectivity index (χ1v) is 7.21. The van der Waals surface area contributed by atoms with E-state index in [1.165, 1.54) is 0 Å². The fourth-order valence-corrected chi connectivity index (χ4v) is 1.63. The Morgan fingerprint density at radius 1 is 1.32 bits per heavy atom. The average Bonchev–Trinajstić information content (AvgIpc) is 2.34. The van der Waals surface area contributed by atoms with Crippen LogP contribution in [0.25, 0.3) is 0 Å². The minimum atomic E-state index is -0.260. The Morgan fingerprint density at radius 3 is 2.53 bits per heavy atom. The van der Waals surface area contributed by atoms with Gasteiger partial charge in [-0.25, -0.2) is 0 Å². The lowest BCUT2D eigenvalue weighted by Crippen LogP contribution is -2.47. The van der Waals surface area contributed by atoms with E-state index < -0.39 is 0 Å². The summed E-state index contributed by atoms with van der Waals surface area (Å²) in [5.41, 5.74) is 0. The van der Waals surface area contributed by atoms with E-state index in [9.17, 15) is 4.79 Å². The van der Waals surface area contributed by atoms with Gasteiger partial charge in [0.15, 0.2) is 0 Å². The van der Waals surface area contributed by atoms with Crippen LogP contribution in [0.3, 0.4) is 0 Å². The lowest BCUT2D eigenvalue weighted by molar-refractivity contribution is -0.146. The van der Waals surface area contributed by atoms with Gasteiger partial charge in [0.2, 0.25) is 0 Å². The third kappa shape index (κ3) is 9.87. The molecule has 5 heteroatoms. The van der Waals surface area contributed by atoms with Crippen molar-refractivity contribution in [2.75, 3.05) is 39.9 Å². The summed E-state index contributed by atoms with van der Waals surface area (Å²) in [7, 11) is 1.99. The predicted octanol–water partition coefficient (Wildman–Crippen LogP) is 1.27. The second-order valence-electron chi connectivity index (χ2n) is 4.94. The molecular formula is C14H30N2O3. The average molecular weight is 274 g/mol. The van der Waals surface area contributed by atoms with Crippen LogP contribution in [-0.4, -0.2) is 62.9 Å². The minimum absolute atomic E-state index is 0.174. The molecule has 0 saturated heterocycles. The number of rotatable bonds is 11. The highest BCUT2D eigenvalue weighted by Gasteiger charge is 2.20. The van der Waals surface area contributed by atoms with Crippen molar-refractivity contribution < 1.29 is 14.3 Å². The molecular weight excluding hydrogens is 244 g/mol. The van der Waals surface area contributed by atoms with Crippen molar-refractivity contribution in [3.05, 3.63) is 0 Å². The van der Waals surface area contributed by atoms with E-state index in [0.717, 1.165) is 19.5 Å². The van der Waals surface area contributed by atoms with Crippen molar-refractivity contribution in [3.8, 4) is 0 Å². The van der Waals surface area contributed by atoms with Crippen LogP contribution in [0.1, 0.15) is 34.1 Å². The Bertz CT molecular complexity index is 235. The van der Waals surface area contributed by atoms with Crippen LogP contribution in [0.5, 0.6) is 0 Å². The molecule has 0 aliphatic heterocycles. The summed E-state index contributed by atoms with van der Waals surface area (Å²) in [6, 6.07) is -0.260. The van der Waals surface area contributed by atoms with Crippen LogP contribution in [0, 0.1) is 0 Å². The second kappa shape index (κ2) is 11.2. The quantitative estimate of drug-likeness (QED) is 0.575. The Hall–Kier alpha value is -0.650. The molecule has 1 atom stereocenters. The number of nitrogens with zero attached hydrogens (tertiary/aromatic N) is 1. The number of esters is 1. The summed E-state index contributed by atoms with van der Waals surface area (Å²) in [6.07, 6.45) is 1.24. The summed E-state index contributed by atoms with van der Waals surface area (Å²) in [4.78, 5) is 13.9. The maximum absolute atomic E-state index is 11.8. The van der Waals surface area contributed by atoms with Crippen LogP contribution in [0.15, 0.2) is 0 Å². The van der Waals surface area contributed by atoms with Gasteiger partial charge in [-0.2, -0.15) is 0 Å². The van der Waals surface area contributed by atoms with E-state index in [1.807, 2.05) is 27.8 Å². The largest absolute Gasteiger partial charge is 0.465 e. The molecule has 0 aliphatic carbocycles. The van der Waals surface area contributed by atoms with Gasteiger partial charge in [-0.15, -0.1) is 0 Å². The van der Waals surface area contributed by atoms with E-state index in [4.69, 9.17) is 9.47 Å². The first-order valence-electron chi connectivity index (χ1n) is 7.21. The molecule has 1 unspecified atom stereocenters. The normalized spacial score (nSPS) is 13.0. The molecule has 0 aliphatic rings. The molecule has 0 bridgehead atoms. The highest BCUT2D eigenvalue weighted by atomic mass is 16.5. The lowest BCUT2D eigenvalue weighted by Gasteiger charge is -2.24. The number of hydrogen-bond acceptors (Lipinski definition) is 5. The summed E-state index contributed by atoms with van der Waals surface area (Å²) in [5.74, 6) is -0.174. The number of nitrogens with one attached hydrogen (secondary N) is 1. The van der Waals surface area contributed by atoms with Gasteiger partial charge >= 0.3 is 5.97 Å². The summed E-state index contributed by atoms with van der Waals surface area (Å²) in [5, 5.41) is 3.23. The summed E-state index contributed by atoms with van der Waals surface area (Å²) in [6.45, 7) is 11.3. The molecule has 0 fully saturated rings. The Labute approximate surface area is 117 Å². The second-order valence-corrected chi connectivity index (χ2v) is 4.94. The van der Waals surface area contributed by atoms with E-state index in [2.05, 4.69) is 17.1 Å². The Kier molecular flexibility index (Phi) is 10.8. The molecule has 5 nitrogen and oxygen atoms in total. The third-order valence-electron chi connectivity index (χ3n) is 2.63. The molecule has 0 aromatic heterocycles. The summed E-state index contributed by atoms with van der Waals surface area (Å²) < 4.78 is 10.6. The summed E-state index contributed by atoms with van der Waals surface area (Å²) >= 11 is 0.